The van der Waals surface area contributed by atoms with Crippen molar-refractivity contribution in [1.29, 1.82) is 0 Å². The van der Waals surface area contributed by atoms with Gasteiger partial charge in [0, 0.05) is 25.7 Å². The summed E-state index contributed by atoms with van der Waals surface area (Å²) in [5.74, 6) is 0. The Kier molecular flexibility index (Phi) is 3.16. The van der Waals surface area contributed by atoms with Crippen LogP contribution >= 0.6 is 0 Å². The normalized spacial score (nSPS) is 37.6. The molecule has 0 aliphatic carbocycles. The highest BCUT2D eigenvalue weighted by molar-refractivity contribution is 4.86. The summed E-state index contributed by atoms with van der Waals surface area (Å²) in [6, 6.07) is 0.303. The molecule has 0 aromatic carbocycles. The summed E-state index contributed by atoms with van der Waals surface area (Å²) >= 11 is 0. The minimum absolute atomic E-state index is 0.153. The third kappa shape index (κ3) is 2.20. The highest BCUT2D eigenvalue weighted by atomic mass is 16.5. The van der Waals surface area contributed by atoms with Crippen molar-refractivity contribution in [3.8, 4) is 0 Å². The second-order valence-corrected chi connectivity index (χ2v) is 3.78. The van der Waals surface area contributed by atoms with Gasteiger partial charge in [-0.2, -0.15) is 0 Å². The highest BCUT2D eigenvalue weighted by Crippen LogP contribution is 2.12. The number of nitrogens with one attached hydrogen (secondary N) is 1. The zero-order chi connectivity index (χ0) is 9.10. The van der Waals surface area contributed by atoms with Gasteiger partial charge in [-0.25, -0.2) is 0 Å². The molecule has 0 radical (unpaired) electrons. The van der Waals surface area contributed by atoms with Crippen molar-refractivity contribution in [2.24, 2.45) is 0 Å². The second kappa shape index (κ2) is 4.37. The lowest BCUT2D eigenvalue weighted by Gasteiger charge is -2.39. The number of aliphatic hydroxyl groups excluding tert-OH is 1. The van der Waals surface area contributed by atoms with Gasteiger partial charge in [0.05, 0.1) is 19.3 Å². The van der Waals surface area contributed by atoms with Crippen LogP contribution in [0.5, 0.6) is 0 Å². The minimum atomic E-state index is -0.153. The Morgan fingerprint density at radius 1 is 1.31 bits per heavy atom. The molecule has 2 aliphatic heterocycles. The van der Waals surface area contributed by atoms with Crippen LogP contribution in [0.1, 0.15) is 6.42 Å². The molecule has 2 rings (SSSR count). The smallest absolute Gasteiger partial charge is 0.0719 e. The number of piperidine rings is 1. The van der Waals surface area contributed by atoms with Crippen LogP contribution in [-0.2, 0) is 4.74 Å². The van der Waals surface area contributed by atoms with E-state index in [1.165, 1.54) is 0 Å². The SMILES string of the molecule is OC1CCNCC1N1CCOCC1. The number of hydrogen-bond donors (Lipinski definition) is 2. The largest absolute Gasteiger partial charge is 0.391 e. The van der Waals surface area contributed by atoms with Crippen molar-refractivity contribution in [3.63, 3.8) is 0 Å². The molecule has 2 N–H and O–H groups in total. The van der Waals surface area contributed by atoms with E-state index >= 15 is 0 Å². The van der Waals surface area contributed by atoms with Gasteiger partial charge in [-0.05, 0) is 13.0 Å². The quantitative estimate of drug-likeness (QED) is 0.554. The van der Waals surface area contributed by atoms with Gasteiger partial charge in [-0.15, -0.1) is 0 Å². The van der Waals surface area contributed by atoms with E-state index in [2.05, 4.69) is 10.2 Å². The number of rotatable bonds is 1. The number of hydrogen-bond acceptors (Lipinski definition) is 4. The fourth-order valence-electron chi connectivity index (χ4n) is 2.11. The molecule has 76 valence electrons. The van der Waals surface area contributed by atoms with E-state index in [0.717, 1.165) is 45.8 Å². The summed E-state index contributed by atoms with van der Waals surface area (Å²) < 4.78 is 5.28. The number of nitrogens with zero attached hydrogens (tertiary/aromatic N) is 1. The first-order valence-electron chi connectivity index (χ1n) is 5.08. The summed E-state index contributed by atoms with van der Waals surface area (Å²) in [5.41, 5.74) is 0. The summed E-state index contributed by atoms with van der Waals surface area (Å²) in [7, 11) is 0. The summed E-state index contributed by atoms with van der Waals surface area (Å²) in [5, 5.41) is 13.1. The van der Waals surface area contributed by atoms with Crippen LogP contribution in [0.15, 0.2) is 0 Å². The van der Waals surface area contributed by atoms with Crippen LogP contribution < -0.4 is 5.32 Å². The van der Waals surface area contributed by atoms with Crippen LogP contribution in [0.2, 0.25) is 0 Å². The second-order valence-electron chi connectivity index (χ2n) is 3.78. The highest BCUT2D eigenvalue weighted by Gasteiger charge is 2.29. The molecule has 13 heavy (non-hydrogen) atoms. The average Bonchev–Trinajstić information content (AvgIpc) is 2.20. The third-order valence-electron chi connectivity index (χ3n) is 2.93. The van der Waals surface area contributed by atoms with Crippen LogP contribution in [-0.4, -0.2) is 61.5 Å². The molecule has 2 aliphatic rings. The van der Waals surface area contributed by atoms with Gasteiger partial charge in [0.2, 0.25) is 0 Å². The molecule has 0 bridgehead atoms. The Balaban J connectivity index is 1.88. The van der Waals surface area contributed by atoms with Gasteiger partial charge in [0.1, 0.15) is 0 Å². The zero-order valence-corrected chi connectivity index (χ0v) is 7.91. The zero-order valence-electron chi connectivity index (χ0n) is 7.91. The molecule has 0 aromatic heterocycles. The fraction of sp³-hybridized carbons (Fsp3) is 1.00. The van der Waals surface area contributed by atoms with Crippen LogP contribution in [0.4, 0.5) is 0 Å². The van der Waals surface area contributed by atoms with Gasteiger partial charge in [0.25, 0.3) is 0 Å². The first-order valence-corrected chi connectivity index (χ1v) is 5.08. The molecular formula is C9H18N2O2. The predicted octanol–water partition coefficient (Wildman–Crippen LogP) is -0.959. The lowest BCUT2D eigenvalue weighted by atomic mass is 10.0. The molecule has 0 saturated carbocycles. The lowest BCUT2D eigenvalue weighted by molar-refractivity contribution is -0.0305. The van der Waals surface area contributed by atoms with Crippen molar-refractivity contribution < 1.29 is 9.84 Å². The first-order chi connectivity index (χ1) is 6.38. The van der Waals surface area contributed by atoms with E-state index in [1.54, 1.807) is 0 Å². The summed E-state index contributed by atoms with van der Waals surface area (Å²) in [4.78, 5) is 2.33. The molecule has 2 atom stereocenters. The van der Waals surface area contributed by atoms with Crippen molar-refractivity contribution in [2.75, 3.05) is 39.4 Å². The molecule has 4 heteroatoms. The van der Waals surface area contributed by atoms with Gasteiger partial charge >= 0.3 is 0 Å². The Morgan fingerprint density at radius 3 is 2.77 bits per heavy atom. The topological polar surface area (TPSA) is 44.7 Å². The molecular weight excluding hydrogens is 168 g/mol. The van der Waals surface area contributed by atoms with Gasteiger partial charge in [-0.3, -0.25) is 4.90 Å². The molecule has 0 spiro atoms. The fourth-order valence-corrected chi connectivity index (χ4v) is 2.11. The van der Waals surface area contributed by atoms with E-state index in [9.17, 15) is 5.11 Å². The van der Waals surface area contributed by atoms with E-state index in [1.807, 2.05) is 0 Å². The van der Waals surface area contributed by atoms with Crippen LogP contribution in [0, 0.1) is 0 Å². The maximum atomic E-state index is 9.80. The maximum Gasteiger partial charge on any atom is 0.0719 e. The Labute approximate surface area is 78.9 Å². The molecule has 2 unspecified atom stereocenters. The monoisotopic (exact) mass is 186 g/mol. The Bertz CT molecular complexity index is 160. The van der Waals surface area contributed by atoms with Crippen molar-refractivity contribution in [2.45, 2.75) is 18.6 Å². The number of morpholine rings is 1. The number of ether oxygens (including phenoxy) is 1. The molecule has 2 heterocycles. The Hall–Kier alpha value is -0.160. The molecule has 2 saturated heterocycles. The maximum absolute atomic E-state index is 9.80. The van der Waals surface area contributed by atoms with Crippen LogP contribution in [0.25, 0.3) is 0 Å². The van der Waals surface area contributed by atoms with Crippen LogP contribution in [0.3, 0.4) is 0 Å². The standard InChI is InChI=1S/C9H18N2O2/c12-9-1-2-10-7-8(9)11-3-5-13-6-4-11/h8-10,12H,1-7H2. The predicted molar refractivity (Wildman–Crippen MR) is 49.7 cm³/mol. The van der Waals surface area contributed by atoms with E-state index in [0.29, 0.717) is 6.04 Å². The lowest BCUT2D eigenvalue weighted by Crippen LogP contribution is -2.56. The minimum Gasteiger partial charge on any atom is -0.391 e. The third-order valence-corrected chi connectivity index (χ3v) is 2.93. The Morgan fingerprint density at radius 2 is 2.08 bits per heavy atom. The summed E-state index contributed by atoms with van der Waals surface area (Å²) in [6.45, 7) is 5.41. The van der Waals surface area contributed by atoms with E-state index < -0.39 is 0 Å². The molecule has 0 aromatic rings. The van der Waals surface area contributed by atoms with E-state index in [-0.39, 0.29) is 6.10 Å². The van der Waals surface area contributed by atoms with Gasteiger partial charge in [0.15, 0.2) is 0 Å². The first kappa shape index (κ1) is 9.40. The number of aliphatic hydroxyl groups is 1. The molecule has 4 nitrogen and oxygen atoms in total. The van der Waals surface area contributed by atoms with Crippen molar-refractivity contribution in [1.82, 2.24) is 10.2 Å². The summed E-state index contributed by atoms with van der Waals surface area (Å²) in [6.07, 6.45) is 0.724. The van der Waals surface area contributed by atoms with E-state index in [4.69, 9.17) is 4.74 Å². The van der Waals surface area contributed by atoms with Crippen molar-refractivity contribution >= 4 is 0 Å². The van der Waals surface area contributed by atoms with Gasteiger partial charge < -0.3 is 15.2 Å². The van der Waals surface area contributed by atoms with Gasteiger partial charge in [-0.1, -0.05) is 0 Å². The van der Waals surface area contributed by atoms with Crippen molar-refractivity contribution in [3.05, 3.63) is 0 Å². The molecule has 0 amide bonds. The molecule has 2 fully saturated rings. The average molecular weight is 186 g/mol.